The van der Waals surface area contributed by atoms with E-state index in [0.29, 0.717) is 17.8 Å². The number of carbonyl (C=O) groups excluding carboxylic acids is 1. The monoisotopic (exact) mass is 361 g/mol. The van der Waals surface area contributed by atoms with Crippen molar-refractivity contribution < 1.29 is 4.79 Å². The zero-order valence-electron chi connectivity index (χ0n) is 15.3. The summed E-state index contributed by atoms with van der Waals surface area (Å²) in [5.41, 5.74) is 3.75. The third-order valence-corrected chi connectivity index (χ3v) is 4.36. The Labute approximate surface area is 155 Å². The van der Waals surface area contributed by atoms with Crippen molar-refractivity contribution in [2.24, 2.45) is 0 Å². The van der Waals surface area contributed by atoms with Gasteiger partial charge >= 0.3 is 0 Å². The Kier molecular flexibility index (Phi) is 4.15. The number of hydrogen-bond acceptors (Lipinski definition) is 5. The molecule has 0 spiro atoms. The minimum atomic E-state index is -0.209. The molecule has 0 fully saturated rings. The number of fused-ring (bicyclic) bond motifs is 1. The van der Waals surface area contributed by atoms with Gasteiger partial charge in [-0.2, -0.15) is 5.10 Å². The van der Waals surface area contributed by atoms with E-state index in [0.717, 1.165) is 28.6 Å². The first-order valence-electron chi connectivity index (χ1n) is 8.58. The molecule has 0 saturated heterocycles. The highest BCUT2D eigenvalue weighted by molar-refractivity contribution is 5.99. The van der Waals surface area contributed by atoms with Crippen LogP contribution in [0.5, 0.6) is 0 Å². The highest BCUT2D eigenvalue weighted by Gasteiger charge is 2.15. The van der Waals surface area contributed by atoms with Crippen molar-refractivity contribution in [2.45, 2.75) is 27.3 Å². The summed E-state index contributed by atoms with van der Waals surface area (Å²) in [7, 11) is 0. The zero-order chi connectivity index (χ0) is 19.0. The largest absolute Gasteiger partial charge is 0.348 e. The van der Waals surface area contributed by atoms with Crippen molar-refractivity contribution in [3.8, 4) is 5.82 Å². The second-order valence-electron chi connectivity index (χ2n) is 6.38. The molecule has 0 aromatic carbocycles. The highest BCUT2D eigenvalue weighted by atomic mass is 16.1. The second-order valence-corrected chi connectivity index (χ2v) is 6.38. The molecule has 0 aliphatic heterocycles. The number of aryl methyl sites for hydroxylation is 3. The maximum atomic E-state index is 12.6. The number of carbonyl (C=O) groups is 1. The summed E-state index contributed by atoms with van der Waals surface area (Å²) in [6, 6.07) is 5.73. The van der Waals surface area contributed by atoms with Gasteiger partial charge in [-0.25, -0.2) is 19.5 Å². The van der Waals surface area contributed by atoms with Crippen LogP contribution in [0.3, 0.4) is 0 Å². The Morgan fingerprint density at radius 3 is 2.78 bits per heavy atom. The van der Waals surface area contributed by atoms with E-state index in [-0.39, 0.29) is 5.91 Å². The van der Waals surface area contributed by atoms with E-state index in [1.54, 1.807) is 23.1 Å². The Morgan fingerprint density at radius 1 is 1.15 bits per heavy atom. The number of amides is 1. The molecule has 0 bridgehead atoms. The molecule has 0 aliphatic carbocycles. The number of aromatic nitrogens is 6. The molecule has 27 heavy (non-hydrogen) atoms. The van der Waals surface area contributed by atoms with E-state index in [1.165, 1.54) is 0 Å². The first-order chi connectivity index (χ1) is 13.0. The first kappa shape index (κ1) is 16.9. The smallest absolute Gasteiger partial charge is 0.257 e. The fourth-order valence-electron chi connectivity index (χ4n) is 3.03. The molecule has 0 atom stereocenters. The van der Waals surface area contributed by atoms with Gasteiger partial charge in [-0.05, 0) is 44.5 Å². The summed E-state index contributed by atoms with van der Waals surface area (Å²) in [6.45, 7) is 6.13. The average molecular weight is 361 g/mol. The van der Waals surface area contributed by atoms with Crippen LogP contribution >= 0.6 is 0 Å². The minimum absolute atomic E-state index is 0.209. The number of hydrogen-bond donors (Lipinski definition) is 1. The summed E-state index contributed by atoms with van der Waals surface area (Å²) in [5, 5.41) is 7.20. The van der Waals surface area contributed by atoms with Gasteiger partial charge in [0.15, 0.2) is 5.65 Å². The maximum absolute atomic E-state index is 12.6. The van der Waals surface area contributed by atoms with Gasteiger partial charge in [-0.15, -0.1) is 0 Å². The lowest BCUT2D eigenvalue weighted by molar-refractivity contribution is 0.0952. The molecule has 8 heteroatoms. The SMILES string of the molecule is Cc1cc(C)n2ncc(C(=O)NCc3ccnc(-n4ccnc4C)c3)c2n1. The Hall–Kier alpha value is -3.55. The third kappa shape index (κ3) is 3.17. The molecular weight excluding hydrogens is 342 g/mol. The lowest BCUT2D eigenvalue weighted by Crippen LogP contribution is -2.23. The predicted octanol–water partition coefficient (Wildman–Crippen LogP) is 2.17. The third-order valence-electron chi connectivity index (χ3n) is 4.36. The number of nitrogens with zero attached hydrogens (tertiary/aromatic N) is 6. The van der Waals surface area contributed by atoms with Gasteiger partial charge in [0.25, 0.3) is 5.91 Å². The van der Waals surface area contributed by atoms with Crippen LogP contribution in [-0.4, -0.2) is 35.0 Å². The second kappa shape index (κ2) is 6.64. The first-order valence-corrected chi connectivity index (χ1v) is 8.58. The van der Waals surface area contributed by atoms with E-state index in [9.17, 15) is 4.79 Å². The van der Waals surface area contributed by atoms with Crippen molar-refractivity contribution in [3.63, 3.8) is 0 Å². The molecule has 4 aromatic rings. The van der Waals surface area contributed by atoms with Gasteiger partial charge in [0, 0.05) is 36.5 Å². The summed E-state index contributed by atoms with van der Waals surface area (Å²) in [6.07, 6.45) is 6.86. The van der Waals surface area contributed by atoms with E-state index in [2.05, 4.69) is 25.4 Å². The summed E-state index contributed by atoms with van der Waals surface area (Å²) >= 11 is 0. The molecule has 0 aliphatic rings. The van der Waals surface area contributed by atoms with Crippen molar-refractivity contribution in [1.82, 2.24) is 34.4 Å². The molecule has 8 nitrogen and oxygen atoms in total. The molecular formula is C19H19N7O. The molecule has 0 saturated carbocycles. The minimum Gasteiger partial charge on any atom is -0.348 e. The number of pyridine rings is 1. The van der Waals surface area contributed by atoms with Crippen LogP contribution < -0.4 is 5.32 Å². The van der Waals surface area contributed by atoms with Crippen LogP contribution in [0.15, 0.2) is 43.0 Å². The average Bonchev–Trinajstić information content (AvgIpc) is 3.26. The van der Waals surface area contributed by atoms with Crippen molar-refractivity contribution in [3.05, 3.63) is 71.3 Å². The lowest BCUT2D eigenvalue weighted by atomic mass is 10.2. The van der Waals surface area contributed by atoms with Crippen molar-refractivity contribution in [2.75, 3.05) is 0 Å². The Balaban J connectivity index is 1.54. The van der Waals surface area contributed by atoms with Gasteiger partial charge in [-0.3, -0.25) is 9.36 Å². The molecule has 1 N–H and O–H groups in total. The highest BCUT2D eigenvalue weighted by Crippen LogP contribution is 2.13. The van der Waals surface area contributed by atoms with Gasteiger partial charge < -0.3 is 5.32 Å². The fraction of sp³-hybridized carbons (Fsp3) is 0.211. The number of imidazole rings is 1. The summed E-state index contributed by atoms with van der Waals surface area (Å²) in [5.74, 6) is 1.41. The molecule has 4 rings (SSSR count). The van der Waals surface area contributed by atoms with Crippen LogP contribution in [0.2, 0.25) is 0 Å². The van der Waals surface area contributed by atoms with E-state index in [4.69, 9.17) is 0 Å². The van der Waals surface area contributed by atoms with Crippen LogP contribution in [0.25, 0.3) is 11.5 Å². The topological polar surface area (TPSA) is 90.0 Å². The number of nitrogens with one attached hydrogen (secondary N) is 1. The predicted molar refractivity (Wildman–Crippen MR) is 99.7 cm³/mol. The standard InChI is InChI=1S/C19H19N7O/c1-12-8-13(2)26-18(24-12)16(11-23-26)19(27)22-10-15-4-5-21-17(9-15)25-7-6-20-14(25)3/h4-9,11H,10H2,1-3H3,(H,22,27). The molecule has 0 radical (unpaired) electrons. The molecule has 4 aromatic heterocycles. The van der Waals surface area contributed by atoms with E-state index < -0.39 is 0 Å². The lowest BCUT2D eigenvalue weighted by Gasteiger charge is -2.08. The zero-order valence-corrected chi connectivity index (χ0v) is 15.3. The van der Waals surface area contributed by atoms with E-state index in [1.807, 2.05) is 49.7 Å². The van der Waals surface area contributed by atoms with Gasteiger partial charge in [-0.1, -0.05) is 0 Å². The Morgan fingerprint density at radius 2 is 2.00 bits per heavy atom. The quantitative estimate of drug-likeness (QED) is 0.602. The van der Waals surface area contributed by atoms with Crippen LogP contribution in [0, 0.1) is 20.8 Å². The molecule has 136 valence electrons. The maximum Gasteiger partial charge on any atom is 0.257 e. The van der Waals surface area contributed by atoms with Crippen LogP contribution in [0.4, 0.5) is 0 Å². The molecule has 0 unspecified atom stereocenters. The fourth-order valence-corrected chi connectivity index (χ4v) is 3.03. The van der Waals surface area contributed by atoms with Crippen molar-refractivity contribution >= 4 is 11.6 Å². The molecule has 4 heterocycles. The molecule has 1 amide bonds. The number of rotatable bonds is 4. The van der Waals surface area contributed by atoms with Crippen molar-refractivity contribution in [1.29, 1.82) is 0 Å². The summed E-state index contributed by atoms with van der Waals surface area (Å²) in [4.78, 5) is 25.7. The Bertz CT molecular complexity index is 1140. The van der Waals surface area contributed by atoms with Gasteiger partial charge in [0.2, 0.25) is 0 Å². The summed E-state index contributed by atoms with van der Waals surface area (Å²) < 4.78 is 3.57. The van der Waals surface area contributed by atoms with Gasteiger partial charge in [0.05, 0.1) is 6.20 Å². The van der Waals surface area contributed by atoms with Crippen LogP contribution in [0.1, 0.15) is 33.1 Å². The van der Waals surface area contributed by atoms with Crippen LogP contribution in [-0.2, 0) is 6.54 Å². The van der Waals surface area contributed by atoms with Gasteiger partial charge in [0.1, 0.15) is 17.2 Å². The normalized spacial score (nSPS) is 11.1. The van der Waals surface area contributed by atoms with E-state index >= 15 is 0 Å².